The van der Waals surface area contributed by atoms with E-state index in [0.29, 0.717) is 6.42 Å². The third-order valence-electron chi connectivity index (χ3n) is 3.38. The van der Waals surface area contributed by atoms with Crippen LogP contribution in [-0.4, -0.2) is 9.55 Å². The number of halogens is 1. The number of fused-ring (bicyclic) bond motifs is 1. The van der Waals surface area contributed by atoms with E-state index >= 15 is 0 Å². The lowest BCUT2D eigenvalue weighted by molar-refractivity contribution is 0.451. The summed E-state index contributed by atoms with van der Waals surface area (Å²) in [6.07, 6.45) is 4.80. The summed E-state index contributed by atoms with van der Waals surface area (Å²) in [4.78, 5) is 4.57. The molecule has 2 aromatic rings. The predicted molar refractivity (Wildman–Crippen MR) is 67.6 cm³/mol. The molecule has 0 saturated heterocycles. The fourth-order valence-corrected chi connectivity index (χ4v) is 2.51. The van der Waals surface area contributed by atoms with E-state index in [4.69, 9.17) is 5.73 Å². The van der Waals surface area contributed by atoms with Crippen LogP contribution in [-0.2, 0) is 13.0 Å². The van der Waals surface area contributed by atoms with Crippen molar-refractivity contribution < 1.29 is 4.39 Å². The number of nitrogens with two attached hydrogens (primary N) is 1. The van der Waals surface area contributed by atoms with Gasteiger partial charge in [0.05, 0.1) is 11.7 Å². The van der Waals surface area contributed by atoms with Crippen LogP contribution < -0.4 is 5.73 Å². The Balaban J connectivity index is 1.85. The highest BCUT2D eigenvalue weighted by Gasteiger charge is 2.19. The fraction of sp³-hybridized carbons (Fsp3) is 0.357. The van der Waals surface area contributed by atoms with Crippen LogP contribution in [0.4, 0.5) is 4.39 Å². The number of nitrogens with zero attached hydrogens (tertiary/aromatic N) is 2. The van der Waals surface area contributed by atoms with Crippen molar-refractivity contribution in [2.45, 2.75) is 31.8 Å². The second kappa shape index (κ2) is 4.53. The van der Waals surface area contributed by atoms with Gasteiger partial charge < -0.3 is 10.3 Å². The standard InChI is InChI=1S/C14H16FN3/c15-11-4-1-3-10(7-11)8-12-9-18-6-2-5-13(16)14(18)17-12/h1,3-4,7,9,13H,2,5-6,8,16H2. The van der Waals surface area contributed by atoms with Gasteiger partial charge in [0, 0.05) is 19.2 Å². The summed E-state index contributed by atoms with van der Waals surface area (Å²) >= 11 is 0. The molecule has 1 aromatic carbocycles. The number of hydrogen-bond acceptors (Lipinski definition) is 2. The molecule has 1 aromatic heterocycles. The fourth-order valence-electron chi connectivity index (χ4n) is 2.51. The zero-order chi connectivity index (χ0) is 12.5. The Morgan fingerprint density at radius 2 is 2.33 bits per heavy atom. The lowest BCUT2D eigenvalue weighted by Crippen LogP contribution is -2.21. The summed E-state index contributed by atoms with van der Waals surface area (Å²) in [5.74, 6) is 0.765. The Hall–Kier alpha value is -1.68. The molecule has 1 aliphatic heterocycles. The van der Waals surface area contributed by atoms with Crippen LogP contribution in [0.25, 0.3) is 0 Å². The van der Waals surface area contributed by atoms with Crippen molar-refractivity contribution in [1.82, 2.24) is 9.55 Å². The van der Waals surface area contributed by atoms with Gasteiger partial charge in [0.2, 0.25) is 0 Å². The first-order valence-corrected chi connectivity index (χ1v) is 6.28. The van der Waals surface area contributed by atoms with E-state index in [0.717, 1.165) is 36.5 Å². The first-order chi connectivity index (χ1) is 8.72. The molecule has 18 heavy (non-hydrogen) atoms. The molecule has 0 spiro atoms. The molecule has 2 heterocycles. The first-order valence-electron chi connectivity index (χ1n) is 6.28. The van der Waals surface area contributed by atoms with E-state index in [2.05, 4.69) is 9.55 Å². The molecule has 0 bridgehead atoms. The number of imidazole rings is 1. The highest BCUT2D eigenvalue weighted by molar-refractivity contribution is 5.23. The SMILES string of the molecule is NC1CCCn2cc(Cc3cccc(F)c3)nc21. The number of rotatable bonds is 2. The van der Waals surface area contributed by atoms with Crippen LogP contribution in [0, 0.1) is 5.82 Å². The van der Waals surface area contributed by atoms with Crippen LogP contribution in [0.2, 0.25) is 0 Å². The highest BCUT2D eigenvalue weighted by atomic mass is 19.1. The van der Waals surface area contributed by atoms with Crippen LogP contribution in [0.5, 0.6) is 0 Å². The van der Waals surface area contributed by atoms with Crippen LogP contribution in [0.1, 0.15) is 36.0 Å². The van der Waals surface area contributed by atoms with Gasteiger partial charge in [-0.3, -0.25) is 0 Å². The summed E-state index contributed by atoms with van der Waals surface area (Å²) in [6, 6.07) is 6.70. The van der Waals surface area contributed by atoms with Crippen molar-refractivity contribution in [2.75, 3.05) is 0 Å². The van der Waals surface area contributed by atoms with Crippen LogP contribution >= 0.6 is 0 Å². The van der Waals surface area contributed by atoms with Gasteiger partial charge >= 0.3 is 0 Å². The summed E-state index contributed by atoms with van der Waals surface area (Å²) in [7, 11) is 0. The van der Waals surface area contributed by atoms with E-state index in [-0.39, 0.29) is 11.9 Å². The second-order valence-corrected chi connectivity index (χ2v) is 4.84. The molecule has 0 saturated carbocycles. The Kier molecular flexibility index (Phi) is 2.88. The van der Waals surface area contributed by atoms with Crippen LogP contribution in [0.3, 0.4) is 0 Å². The third-order valence-corrected chi connectivity index (χ3v) is 3.38. The molecule has 1 unspecified atom stereocenters. The van der Waals surface area contributed by atoms with Gasteiger partial charge in [-0.2, -0.15) is 0 Å². The Morgan fingerprint density at radius 3 is 3.11 bits per heavy atom. The Morgan fingerprint density at radius 1 is 1.44 bits per heavy atom. The maximum atomic E-state index is 13.1. The van der Waals surface area contributed by atoms with Crippen LogP contribution in [0.15, 0.2) is 30.5 Å². The molecule has 2 N–H and O–H groups in total. The maximum Gasteiger partial charge on any atom is 0.125 e. The molecule has 0 radical (unpaired) electrons. The molecule has 1 atom stereocenters. The van der Waals surface area contributed by atoms with Crippen molar-refractivity contribution in [1.29, 1.82) is 0 Å². The minimum absolute atomic E-state index is 0.0417. The van der Waals surface area contributed by atoms with Crippen molar-refractivity contribution >= 4 is 0 Å². The van der Waals surface area contributed by atoms with Crippen molar-refractivity contribution in [3.05, 3.63) is 53.4 Å². The van der Waals surface area contributed by atoms with Gasteiger partial charge in [-0.25, -0.2) is 9.37 Å². The summed E-state index contributed by atoms with van der Waals surface area (Å²) in [5, 5.41) is 0. The second-order valence-electron chi connectivity index (χ2n) is 4.84. The number of aromatic nitrogens is 2. The zero-order valence-electron chi connectivity index (χ0n) is 10.1. The van der Waals surface area contributed by atoms with Gasteiger partial charge in [0.1, 0.15) is 11.6 Å². The molecule has 1 aliphatic rings. The molecular formula is C14H16FN3. The largest absolute Gasteiger partial charge is 0.333 e. The molecule has 3 nitrogen and oxygen atoms in total. The molecule has 0 amide bonds. The minimum Gasteiger partial charge on any atom is -0.333 e. The molecular weight excluding hydrogens is 229 g/mol. The minimum atomic E-state index is -0.201. The van der Waals surface area contributed by atoms with Gasteiger partial charge in [-0.15, -0.1) is 0 Å². The lowest BCUT2D eigenvalue weighted by Gasteiger charge is -2.19. The highest BCUT2D eigenvalue weighted by Crippen LogP contribution is 2.23. The third kappa shape index (κ3) is 2.16. The average Bonchev–Trinajstić information content (AvgIpc) is 2.73. The van der Waals surface area contributed by atoms with Crippen molar-refractivity contribution in [2.24, 2.45) is 5.73 Å². The topological polar surface area (TPSA) is 43.8 Å². The summed E-state index contributed by atoms with van der Waals surface area (Å²) in [6.45, 7) is 0.985. The zero-order valence-corrected chi connectivity index (χ0v) is 10.1. The Bertz CT molecular complexity index is 562. The number of aryl methyl sites for hydroxylation is 1. The molecule has 0 fully saturated rings. The van der Waals surface area contributed by atoms with Crippen molar-refractivity contribution in [3.8, 4) is 0 Å². The molecule has 0 aliphatic carbocycles. The summed E-state index contributed by atoms with van der Waals surface area (Å²) in [5.41, 5.74) is 7.94. The quantitative estimate of drug-likeness (QED) is 0.883. The smallest absolute Gasteiger partial charge is 0.125 e. The number of hydrogen-bond donors (Lipinski definition) is 1. The predicted octanol–water partition coefficient (Wildman–Crippen LogP) is 2.41. The summed E-state index contributed by atoms with van der Waals surface area (Å²) < 4.78 is 15.2. The number of benzene rings is 1. The Labute approximate surface area is 105 Å². The average molecular weight is 245 g/mol. The molecule has 94 valence electrons. The monoisotopic (exact) mass is 245 g/mol. The van der Waals surface area contributed by atoms with E-state index in [1.165, 1.54) is 6.07 Å². The normalized spacial score (nSPS) is 18.7. The molecule has 4 heteroatoms. The lowest BCUT2D eigenvalue weighted by atomic mass is 10.1. The van der Waals surface area contributed by atoms with Gasteiger partial charge in [-0.05, 0) is 30.5 Å². The van der Waals surface area contributed by atoms with Gasteiger partial charge in [0.25, 0.3) is 0 Å². The first kappa shape index (κ1) is 11.4. The van der Waals surface area contributed by atoms with E-state index in [9.17, 15) is 4.39 Å². The van der Waals surface area contributed by atoms with Gasteiger partial charge in [-0.1, -0.05) is 12.1 Å². The maximum absolute atomic E-state index is 13.1. The van der Waals surface area contributed by atoms with E-state index in [1.54, 1.807) is 12.1 Å². The van der Waals surface area contributed by atoms with E-state index in [1.807, 2.05) is 12.3 Å². The van der Waals surface area contributed by atoms with Crippen molar-refractivity contribution in [3.63, 3.8) is 0 Å². The molecule has 3 rings (SSSR count). The van der Waals surface area contributed by atoms with E-state index < -0.39 is 0 Å². The van der Waals surface area contributed by atoms with Gasteiger partial charge in [0.15, 0.2) is 0 Å².